The lowest BCUT2D eigenvalue weighted by atomic mass is 10.1. The predicted octanol–water partition coefficient (Wildman–Crippen LogP) is 2.92. The van der Waals surface area contributed by atoms with Gasteiger partial charge in [0.2, 0.25) is 0 Å². The molecule has 0 bridgehead atoms. The third kappa shape index (κ3) is 2.36. The number of carbonyl (C=O) groups is 1. The Labute approximate surface area is 101 Å². The Morgan fingerprint density at radius 3 is 2.76 bits per heavy atom. The van der Waals surface area contributed by atoms with E-state index in [1.807, 2.05) is 0 Å². The molecular formula is C11H8N2O3S. The normalized spacial score (nSPS) is 10.2. The Balaban J connectivity index is 2.42. The van der Waals surface area contributed by atoms with Gasteiger partial charge in [0.25, 0.3) is 5.69 Å². The van der Waals surface area contributed by atoms with E-state index in [4.69, 9.17) is 0 Å². The maximum Gasteiger partial charge on any atom is 0.270 e. The number of nitro groups is 1. The number of hydrogen-bond donors (Lipinski definition) is 0. The Morgan fingerprint density at radius 2 is 2.18 bits per heavy atom. The first-order valence-electron chi connectivity index (χ1n) is 4.80. The second kappa shape index (κ2) is 4.42. The van der Waals surface area contributed by atoms with Crippen LogP contribution in [0.4, 0.5) is 5.69 Å². The van der Waals surface area contributed by atoms with Crippen LogP contribution < -0.4 is 0 Å². The second-order valence-electron chi connectivity index (χ2n) is 3.44. The van der Waals surface area contributed by atoms with Crippen LogP contribution in [0.5, 0.6) is 0 Å². The minimum absolute atomic E-state index is 0.0138. The van der Waals surface area contributed by atoms with Crippen molar-refractivity contribution in [1.29, 1.82) is 0 Å². The fourth-order valence-corrected chi connectivity index (χ4v) is 2.00. The molecular weight excluding hydrogens is 240 g/mol. The molecule has 0 saturated heterocycles. The van der Waals surface area contributed by atoms with E-state index in [-0.39, 0.29) is 11.5 Å². The molecule has 0 aliphatic carbocycles. The first kappa shape index (κ1) is 11.4. The van der Waals surface area contributed by atoms with Crippen LogP contribution in [-0.4, -0.2) is 15.1 Å². The summed E-state index contributed by atoms with van der Waals surface area (Å²) < 4.78 is 4.11. The van der Waals surface area contributed by atoms with Crippen molar-refractivity contribution in [3.05, 3.63) is 45.3 Å². The molecule has 86 valence electrons. The highest BCUT2D eigenvalue weighted by atomic mass is 32.1. The molecule has 0 radical (unpaired) electrons. The summed E-state index contributed by atoms with van der Waals surface area (Å²) in [5.74, 6) is -0.0563. The van der Waals surface area contributed by atoms with Gasteiger partial charge in [0.15, 0.2) is 5.78 Å². The number of Topliss-reactive ketones (excluding diaryl/α,β-unsaturated/α-hetero) is 1. The molecule has 1 heterocycles. The predicted molar refractivity (Wildman–Crippen MR) is 64.2 cm³/mol. The van der Waals surface area contributed by atoms with Crippen LogP contribution in [0.15, 0.2) is 30.3 Å². The molecule has 1 aromatic heterocycles. The lowest BCUT2D eigenvalue weighted by Gasteiger charge is -1.95. The Hall–Kier alpha value is -2.08. The van der Waals surface area contributed by atoms with Crippen LogP contribution in [-0.2, 0) is 0 Å². The van der Waals surface area contributed by atoms with Crippen molar-refractivity contribution in [1.82, 2.24) is 4.37 Å². The van der Waals surface area contributed by atoms with Crippen molar-refractivity contribution >= 4 is 23.0 Å². The van der Waals surface area contributed by atoms with Gasteiger partial charge in [0.05, 0.1) is 15.5 Å². The van der Waals surface area contributed by atoms with Crippen LogP contribution >= 0.6 is 11.5 Å². The smallest absolute Gasteiger partial charge is 0.270 e. The van der Waals surface area contributed by atoms with E-state index in [0.717, 1.165) is 11.5 Å². The summed E-state index contributed by atoms with van der Waals surface area (Å²) in [6.07, 6.45) is 0. The molecule has 0 aliphatic heterocycles. The quantitative estimate of drug-likeness (QED) is 0.475. The van der Waals surface area contributed by atoms with E-state index in [2.05, 4.69) is 4.37 Å². The van der Waals surface area contributed by atoms with E-state index < -0.39 is 4.92 Å². The van der Waals surface area contributed by atoms with Crippen LogP contribution in [0.1, 0.15) is 16.6 Å². The molecule has 0 N–H and O–H groups in total. The highest BCUT2D eigenvalue weighted by molar-refractivity contribution is 7.08. The zero-order valence-electron chi connectivity index (χ0n) is 8.91. The van der Waals surface area contributed by atoms with Gasteiger partial charge in [-0.2, -0.15) is 4.37 Å². The molecule has 0 aliphatic rings. The molecule has 0 amide bonds. The largest absolute Gasteiger partial charge is 0.294 e. The number of ketones is 1. The van der Waals surface area contributed by atoms with Crippen LogP contribution in [0.3, 0.4) is 0 Å². The fourth-order valence-electron chi connectivity index (χ4n) is 1.36. The average molecular weight is 248 g/mol. The lowest BCUT2D eigenvalue weighted by molar-refractivity contribution is -0.384. The maximum atomic E-state index is 11.1. The number of nitrogens with zero attached hydrogens (tertiary/aromatic N) is 2. The van der Waals surface area contributed by atoms with Gasteiger partial charge in [-0.1, -0.05) is 12.1 Å². The third-order valence-electron chi connectivity index (χ3n) is 2.21. The van der Waals surface area contributed by atoms with Crippen molar-refractivity contribution in [2.45, 2.75) is 6.92 Å². The first-order valence-corrected chi connectivity index (χ1v) is 5.58. The standard InChI is InChI=1S/C11H8N2O3S/c1-7(14)11-6-10(12-17-11)8-3-2-4-9(5-8)13(15)16/h2-6H,1H3. The molecule has 6 heteroatoms. The minimum atomic E-state index is -0.457. The average Bonchev–Trinajstić information content (AvgIpc) is 2.78. The summed E-state index contributed by atoms with van der Waals surface area (Å²) in [5.41, 5.74) is 1.24. The maximum absolute atomic E-state index is 11.1. The Kier molecular flexibility index (Phi) is 2.97. The van der Waals surface area contributed by atoms with Gasteiger partial charge in [0, 0.05) is 24.6 Å². The molecule has 1 aromatic carbocycles. The van der Waals surface area contributed by atoms with Crippen LogP contribution in [0, 0.1) is 10.1 Å². The summed E-state index contributed by atoms with van der Waals surface area (Å²) in [7, 11) is 0. The summed E-state index contributed by atoms with van der Waals surface area (Å²) in [6.45, 7) is 1.46. The molecule has 5 nitrogen and oxygen atoms in total. The summed E-state index contributed by atoms with van der Waals surface area (Å²) in [5, 5.41) is 10.6. The number of benzene rings is 1. The van der Waals surface area contributed by atoms with E-state index in [1.54, 1.807) is 18.2 Å². The Bertz CT molecular complexity index is 592. The van der Waals surface area contributed by atoms with Crippen molar-refractivity contribution in [3.63, 3.8) is 0 Å². The summed E-state index contributed by atoms with van der Waals surface area (Å²) >= 11 is 1.10. The molecule has 17 heavy (non-hydrogen) atoms. The zero-order valence-corrected chi connectivity index (χ0v) is 9.73. The number of non-ortho nitro benzene ring substituents is 1. The molecule has 0 saturated carbocycles. The molecule has 0 fully saturated rings. The number of aromatic nitrogens is 1. The Morgan fingerprint density at radius 1 is 1.41 bits per heavy atom. The van der Waals surface area contributed by atoms with Gasteiger partial charge in [-0.25, -0.2) is 0 Å². The van der Waals surface area contributed by atoms with Gasteiger partial charge in [-0.3, -0.25) is 14.9 Å². The zero-order chi connectivity index (χ0) is 12.4. The molecule has 0 atom stereocenters. The van der Waals surface area contributed by atoms with Crippen molar-refractivity contribution in [2.75, 3.05) is 0 Å². The minimum Gasteiger partial charge on any atom is -0.294 e. The summed E-state index contributed by atoms with van der Waals surface area (Å²) in [6, 6.07) is 7.83. The second-order valence-corrected chi connectivity index (χ2v) is 4.25. The molecule has 2 rings (SSSR count). The lowest BCUT2D eigenvalue weighted by Crippen LogP contribution is -1.88. The van der Waals surface area contributed by atoms with E-state index in [0.29, 0.717) is 16.1 Å². The number of carbonyl (C=O) groups excluding carboxylic acids is 1. The van der Waals surface area contributed by atoms with Gasteiger partial charge in [-0.15, -0.1) is 0 Å². The SMILES string of the molecule is CC(=O)c1cc(-c2cccc([N+](=O)[O-])c2)ns1. The highest BCUT2D eigenvalue weighted by Crippen LogP contribution is 2.25. The monoisotopic (exact) mass is 248 g/mol. The fraction of sp³-hybridized carbons (Fsp3) is 0.0909. The van der Waals surface area contributed by atoms with Gasteiger partial charge < -0.3 is 0 Å². The van der Waals surface area contributed by atoms with Crippen LogP contribution in [0.25, 0.3) is 11.3 Å². The van der Waals surface area contributed by atoms with Gasteiger partial charge >= 0.3 is 0 Å². The van der Waals surface area contributed by atoms with Crippen molar-refractivity contribution in [3.8, 4) is 11.3 Å². The molecule has 2 aromatic rings. The van der Waals surface area contributed by atoms with E-state index >= 15 is 0 Å². The molecule has 0 unspecified atom stereocenters. The van der Waals surface area contributed by atoms with E-state index in [1.165, 1.54) is 19.1 Å². The van der Waals surface area contributed by atoms with Crippen molar-refractivity contribution in [2.24, 2.45) is 0 Å². The van der Waals surface area contributed by atoms with Gasteiger partial charge in [0.1, 0.15) is 0 Å². The summed E-state index contributed by atoms with van der Waals surface area (Å²) in [4.78, 5) is 21.9. The molecule has 0 spiro atoms. The number of nitro benzene ring substituents is 1. The highest BCUT2D eigenvalue weighted by Gasteiger charge is 2.11. The van der Waals surface area contributed by atoms with Crippen molar-refractivity contribution < 1.29 is 9.72 Å². The first-order chi connectivity index (χ1) is 8.08. The van der Waals surface area contributed by atoms with E-state index in [9.17, 15) is 14.9 Å². The third-order valence-corrected chi connectivity index (χ3v) is 3.10. The topological polar surface area (TPSA) is 73.1 Å². The van der Waals surface area contributed by atoms with Gasteiger partial charge in [-0.05, 0) is 17.6 Å². The number of hydrogen-bond acceptors (Lipinski definition) is 5. The van der Waals surface area contributed by atoms with Crippen LogP contribution in [0.2, 0.25) is 0 Å². The number of rotatable bonds is 3.